The average molecular weight is 340 g/mol. The number of halogens is 3. The molecule has 2 aromatic rings. The number of nitrogens with zero attached hydrogens (tertiary/aromatic N) is 6. The summed E-state index contributed by atoms with van der Waals surface area (Å²) in [6, 6.07) is 2.40. The Morgan fingerprint density at radius 2 is 1.46 bits per heavy atom. The third-order valence-corrected chi connectivity index (χ3v) is 3.62. The highest BCUT2D eigenvalue weighted by Gasteiger charge is 2.31. The highest BCUT2D eigenvalue weighted by atomic mass is 19.4. The van der Waals surface area contributed by atoms with E-state index in [1.54, 1.807) is 0 Å². The standard InChI is InChI=1S/C13H15F3N8/c14-13(15,16)8-1-2-9(19-7-8)23-3-5-24(6-4-23)12-21-10(17)20-11(18)22-12/h1-2,7H,3-6H2,(H4,17,18,20,21,22). The Kier molecular flexibility index (Phi) is 3.99. The van der Waals surface area contributed by atoms with Gasteiger partial charge in [-0.2, -0.15) is 28.1 Å². The Morgan fingerprint density at radius 3 is 1.96 bits per heavy atom. The largest absolute Gasteiger partial charge is 0.417 e. The van der Waals surface area contributed by atoms with E-state index < -0.39 is 11.7 Å². The van der Waals surface area contributed by atoms with Crippen molar-refractivity contribution in [3.8, 4) is 0 Å². The van der Waals surface area contributed by atoms with Gasteiger partial charge in [0.25, 0.3) is 0 Å². The molecule has 128 valence electrons. The molecule has 0 atom stereocenters. The lowest BCUT2D eigenvalue weighted by Gasteiger charge is -2.35. The van der Waals surface area contributed by atoms with Gasteiger partial charge in [0, 0.05) is 32.4 Å². The second-order valence-corrected chi connectivity index (χ2v) is 5.23. The number of aromatic nitrogens is 4. The summed E-state index contributed by atoms with van der Waals surface area (Å²) in [5.74, 6) is 0.978. The zero-order valence-corrected chi connectivity index (χ0v) is 12.5. The van der Waals surface area contributed by atoms with Crippen LogP contribution >= 0.6 is 0 Å². The van der Waals surface area contributed by atoms with Gasteiger partial charge in [-0.1, -0.05) is 0 Å². The lowest BCUT2D eigenvalue weighted by molar-refractivity contribution is -0.137. The Morgan fingerprint density at radius 1 is 0.875 bits per heavy atom. The van der Waals surface area contributed by atoms with Crippen LogP contribution in [0.25, 0.3) is 0 Å². The van der Waals surface area contributed by atoms with Crippen LogP contribution in [0.2, 0.25) is 0 Å². The monoisotopic (exact) mass is 340 g/mol. The first kappa shape index (κ1) is 16.0. The van der Waals surface area contributed by atoms with Gasteiger partial charge in [-0.25, -0.2) is 4.98 Å². The van der Waals surface area contributed by atoms with E-state index in [1.165, 1.54) is 6.07 Å². The van der Waals surface area contributed by atoms with Gasteiger partial charge >= 0.3 is 6.18 Å². The number of nitrogen functional groups attached to an aromatic ring is 2. The van der Waals surface area contributed by atoms with Gasteiger partial charge in [0.1, 0.15) is 5.82 Å². The van der Waals surface area contributed by atoms with E-state index >= 15 is 0 Å². The molecule has 0 unspecified atom stereocenters. The summed E-state index contributed by atoms with van der Waals surface area (Å²) in [5.41, 5.74) is 10.3. The fourth-order valence-electron chi connectivity index (χ4n) is 2.42. The molecule has 0 saturated carbocycles. The first-order chi connectivity index (χ1) is 11.3. The molecule has 3 rings (SSSR count). The maximum absolute atomic E-state index is 12.6. The molecule has 24 heavy (non-hydrogen) atoms. The number of nitrogens with two attached hydrogens (primary N) is 2. The van der Waals surface area contributed by atoms with E-state index in [1.807, 2.05) is 9.80 Å². The van der Waals surface area contributed by atoms with Crippen LogP contribution in [-0.2, 0) is 6.18 Å². The molecular weight excluding hydrogens is 325 g/mol. The van der Waals surface area contributed by atoms with E-state index in [-0.39, 0.29) is 11.9 Å². The van der Waals surface area contributed by atoms with Crippen LogP contribution in [0.3, 0.4) is 0 Å². The summed E-state index contributed by atoms with van der Waals surface area (Å²) in [6.45, 7) is 2.24. The first-order valence-electron chi connectivity index (χ1n) is 7.13. The van der Waals surface area contributed by atoms with E-state index in [9.17, 15) is 13.2 Å². The van der Waals surface area contributed by atoms with Gasteiger partial charge in [-0.15, -0.1) is 0 Å². The third-order valence-electron chi connectivity index (χ3n) is 3.62. The Bertz CT molecular complexity index is 690. The second-order valence-electron chi connectivity index (χ2n) is 5.23. The second kappa shape index (κ2) is 5.98. The molecular formula is C13H15F3N8. The molecule has 0 amide bonds. The summed E-state index contributed by atoms with van der Waals surface area (Å²) in [5, 5.41) is 0. The summed E-state index contributed by atoms with van der Waals surface area (Å²) in [6.07, 6.45) is -3.54. The van der Waals surface area contributed by atoms with Crippen LogP contribution in [0.1, 0.15) is 5.56 Å². The highest BCUT2D eigenvalue weighted by molar-refractivity contribution is 5.45. The minimum absolute atomic E-state index is 0.0457. The van der Waals surface area contributed by atoms with E-state index in [0.717, 1.165) is 12.3 Å². The molecule has 0 spiro atoms. The zero-order valence-electron chi connectivity index (χ0n) is 12.5. The van der Waals surface area contributed by atoms with Crippen molar-refractivity contribution in [1.29, 1.82) is 0 Å². The molecule has 11 heteroatoms. The predicted octanol–water partition coefficient (Wildman–Crippen LogP) is 0.776. The quantitative estimate of drug-likeness (QED) is 0.825. The first-order valence-corrected chi connectivity index (χ1v) is 7.13. The molecule has 0 aromatic carbocycles. The molecule has 0 bridgehead atoms. The molecule has 1 saturated heterocycles. The van der Waals surface area contributed by atoms with Gasteiger partial charge in [-0.3, -0.25) is 0 Å². The molecule has 2 aromatic heterocycles. The van der Waals surface area contributed by atoms with E-state index in [2.05, 4.69) is 19.9 Å². The normalized spacial score (nSPS) is 15.6. The summed E-state index contributed by atoms with van der Waals surface area (Å²) >= 11 is 0. The molecule has 4 N–H and O–H groups in total. The molecule has 1 aliphatic heterocycles. The van der Waals surface area contributed by atoms with Crippen molar-refractivity contribution in [1.82, 2.24) is 19.9 Å². The van der Waals surface area contributed by atoms with Crippen LogP contribution in [0.15, 0.2) is 18.3 Å². The number of alkyl halides is 3. The zero-order chi connectivity index (χ0) is 17.3. The summed E-state index contributed by atoms with van der Waals surface area (Å²) in [4.78, 5) is 19.5. The van der Waals surface area contributed by atoms with Crippen molar-refractivity contribution in [3.05, 3.63) is 23.9 Å². The lowest BCUT2D eigenvalue weighted by Crippen LogP contribution is -2.47. The minimum Gasteiger partial charge on any atom is -0.368 e. The van der Waals surface area contributed by atoms with Gasteiger partial charge in [0.2, 0.25) is 17.8 Å². The number of piperazine rings is 1. The fraction of sp³-hybridized carbons (Fsp3) is 0.385. The Balaban J connectivity index is 1.66. The average Bonchev–Trinajstić information content (AvgIpc) is 2.53. The van der Waals surface area contributed by atoms with Crippen molar-refractivity contribution < 1.29 is 13.2 Å². The van der Waals surface area contributed by atoms with Gasteiger partial charge in [0.15, 0.2) is 0 Å². The molecule has 1 fully saturated rings. The van der Waals surface area contributed by atoms with Crippen molar-refractivity contribution in [3.63, 3.8) is 0 Å². The van der Waals surface area contributed by atoms with Crippen LogP contribution < -0.4 is 21.3 Å². The third kappa shape index (κ3) is 3.39. The highest BCUT2D eigenvalue weighted by Crippen LogP contribution is 2.29. The number of anilines is 4. The minimum atomic E-state index is -4.39. The molecule has 3 heterocycles. The van der Waals surface area contributed by atoms with E-state index in [0.29, 0.717) is 37.9 Å². The predicted molar refractivity (Wildman–Crippen MR) is 82.3 cm³/mol. The number of hydrogen-bond donors (Lipinski definition) is 2. The van der Waals surface area contributed by atoms with Crippen LogP contribution in [-0.4, -0.2) is 46.1 Å². The lowest BCUT2D eigenvalue weighted by atomic mass is 10.2. The Hall–Kier alpha value is -2.85. The van der Waals surface area contributed by atoms with E-state index in [4.69, 9.17) is 11.5 Å². The van der Waals surface area contributed by atoms with Crippen LogP contribution in [0.4, 0.5) is 36.8 Å². The SMILES string of the molecule is Nc1nc(N)nc(N2CCN(c3ccc(C(F)(F)F)cn3)CC2)n1. The maximum atomic E-state index is 12.6. The van der Waals surface area contributed by atoms with Crippen LogP contribution in [0, 0.1) is 0 Å². The smallest absolute Gasteiger partial charge is 0.368 e. The fourth-order valence-corrected chi connectivity index (χ4v) is 2.42. The molecule has 0 aliphatic carbocycles. The van der Waals surface area contributed by atoms with Gasteiger partial charge in [-0.05, 0) is 12.1 Å². The summed E-state index contributed by atoms with van der Waals surface area (Å²) in [7, 11) is 0. The number of hydrogen-bond acceptors (Lipinski definition) is 8. The Labute approximate surface area is 135 Å². The van der Waals surface area contributed by atoms with Crippen molar-refractivity contribution in [2.75, 3.05) is 47.4 Å². The molecule has 8 nitrogen and oxygen atoms in total. The van der Waals surface area contributed by atoms with Gasteiger partial charge < -0.3 is 21.3 Å². The number of rotatable bonds is 2. The van der Waals surface area contributed by atoms with Crippen molar-refractivity contribution >= 4 is 23.7 Å². The molecule has 1 aliphatic rings. The molecule has 0 radical (unpaired) electrons. The summed E-state index contributed by atoms with van der Waals surface area (Å²) < 4.78 is 37.7. The number of pyridine rings is 1. The maximum Gasteiger partial charge on any atom is 0.417 e. The van der Waals surface area contributed by atoms with Crippen LogP contribution in [0.5, 0.6) is 0 Å². The van der Waals surface area contributed by atoms with Crippen molar-refractivity contribution in [2.24, 2.45) is 0 Å². The van der Waals surface area contributed by atoms with Gasteiger partial charge in [0.05, 0.1) is 5.56 Å². The topological polar surface area (TPSA) is 110 Å². The van der Waals surface area contributed by atoms with Crippen molar-refractivity contribution in [2.45, 2.75) is 6.18 Å².